The molecule has 1 aromatic carbocycles. The van der Waals surface area contributed by atoms with E-state index in [1.54, 1.807) is 12.1 Å². The first-order valence-electron chi connectivity index (χ1n) is 9.11. The van der Waals surface area contributed by atoms with Crippen LogP contribution in [0.25, 0.3) is 0 Å². The molecule has 150 valence electrons. The Bertz CT molecular complexity index is 649. The summed E-state index contributed by atoms with van der Waals surface area (Å²) in [6, 6.07) is 3.94. The van der Waals surface area contributed by atoms with Crippen molar-refractivity contribution in [3.8, 4) is 0 Å². The summed E-state index contributed by atoms with van der Waals surface area (Å²) < 4.78 is 39.6. The second-order valence-electron chi connectivity index (χ2n) is 6.50. The van der Waals surface area contributed by atoms with Crippen molar-refractivity contribution in [2.45, 2.75) is 19.6 Å². The number of halogens is 3. The van der Waals surface area contributed by atoms with E-state index < -0.39 is 11.7 Å². The molecule has 2 rings (SSSR count). The second-order valence-corrected chi connectivity index (χ2v) is 6.50. The molecule has 0 unspecified atom stereocenters. The number of anilines is 1. The minimum atomic E-state index is -4.37. The minimum absolute atomic E-state index is 0.165. The van der Waals surface area contributed by atoms with Crippen molar-refractivity contribution in [1.82, 2.24) is 15.5 Å². The number of hydrogen-bond acceptors (Lipinski definition) is 3. The van der Waals surface area contributed by atoms with Gasteiger partial charge in [-0.1, -0.05) is 6.08 Å². The highest BCUT2D eigenvalue weighted by molar-refractivity contribution is 5.80. The number of aliphatic imine (C=N–C) groups is 1. The fourth-order valence-corrected chi connectivity index (χ4v) is 2.92. The number of alkyl halides is 3. The van der Waals surface area contributed by atoms with Crippen molar-refractivity contribution in [2.24, 2.45) is 4.99 Å². The molecule has 0 atom stereocenters. The van der Waals surface area contributed by atoms with E-state index in [-0.39, 0.29) is 6.54 Å². The Morgan fingerprint density at radius 1 is 1.22 bits per heavy atom. The van der Waals surface area contributed by atoms with E-state index in [1.807, 2.05) is 14.0 Å². The Kier molecular flexibility index (Phi) is 7.53. The molecule has 1 saturated heterocycles. The van der Waals surface area contributed by atoms with E-state index >= 15 is 0 Å². The summed E-state index contributed by atoms with van der Waals surface area (Å²) in [6.45, 7) is 10.3. The Hall–Kier alpha value is -2.22. The first-order chi connectivity index (χ1) is 12.8. The van der Waals surface area contributed by atoms with Gasteiger partial charge in [-0.2, -0.15) is 13.2 Å². The molecule has 0 aromatic heterocycles. The van der Waals surface area contributed by atoms with Crippen molar-refractivity contribution in [3.63, 3.8) is 0 Å². The highest BCUT2D eigenvalue weighted by Gasteiger charge is 2.31. The minimum Gasteiger partial charge on any atom is -0.369 e. The zero-order valence-electron chi connectivity index (χ0n) is 15.9. The predicted octanol–water partition coefficient (Wildman–Crippen LogP) is 2.70. The van der Waals surface area contributed by atoms with Gasteiger partial charge in [-0.05, 0) is 37.7 Å². The monoisotopic (exact) mass is 383 g/mol. The average Bonchev–Trinajstić information content (AvgIpc) is 2.64. The largest absolute Gasteiger partial charge is 0.416 e. The lowest BCUT2D eigenvalue weighted by Crippen LogP contribution is -2.44. The van der Waals surface area contributed by atoms with Gasteiger partial charge in [0.2, 0.25) is 0 Å². The van der Waals surface area contributed by atoms with Gasteiger partial charge in [0, 0.05) is 45.0 Å². The topological polar surface area (TPSA) is 42.9 Å². The summed E-state index contributed by atoms with van der Waals surface area (Å²) in [4.78, 5) is 8.80. The van der Waals surface area contributed by atoms with Crippen LogP contribution in [0.15, 0.2) is 35.8 Å². The van der Waals surface area contributed by atoms with E-state index in [9.17, 15) is 13.2 Å². The van der Waals surface area contributed by atoms with Gasteiger partial charge in [-0.15, -0.1) is 6.58 Å². The van der Waals surface area contributed by atoms with Crippen molar-refractivity contribution in [3.05, 3.63) is 42.0 Å². The fourth-order valence-electron chi connectivity index (χ4n) is 2.92. The van der Waals surface area contributed by atoms with Gasteiger partial charge in [0.1, 0.15) is 0 Å². The molecule has 27 heavy (non-hydrogen) atoms. The molecule has 1 heterocycles. The molecule has 0 bridgehead atoms. The first kappa shape index (κ1) is 21.1. The van der Waals surface area contributed by atoms with Crippen LogP contribution in [-0.2, 0) is 12.7 Å². The average molecular weight is 383 g/mol. The molecule has 2 N–H and O–H groups in total. The van der Waals surface area contributed by atoms with E-state index in [0.717, 1.165) is 37.9 Å². The predicted molar refractivity (Wildman–Crippen MR) is 104 cm³/mol. The smallest absolute Gasteiger partial charge is 0.369 e. The van der Waals surface area contributed by atoms with Crippen LogP contribution in [-0.4, -0.2) is 57.2 Å². The molecule has 1 aliphatic heterocycles. The first-order valence-corrected chi connectivity index (χ1v) is 9.11. The highest BCUT2D eigenvalue weighted by Crippen LogP contribution is 2.33. The molecule has 1 fully saturated rings. The number of nitrogens with zero attached hydrogens (tertiary/aromatic N) is 3. The Balaban J connectivity index is 2.30. The van der Waals surface area contributed by atoms with Gasteiger partial charge in [0.25, 0.3) is 0 Å². The molecule has 8 heteroatoms. The SMILES string of the molecule is C=CCNC(=NCc1cc(C(F)(F)F)ccc1N1CCN(C)CC1)NCC. The maximum atomic E-state index is 13.2. The van der Waals surface area contributed by atoms with Crippen molar-refractivity contribution < 1.29 is 13.2 Å². The Labute approximate surface area is 158 Å². The second kappa shape index (κ2) is 9.64. The molecule has 0 saturated carbocycles. The Morgan fingerprint density at radius 2 is 1.93 bits per heavy atom. The summed E-state index contributed by atoms with van der Waals surface area (Å²) in [7, 11) is 2.04. The summed E-state index contributed by atoms with van der Waals surface area (Å²) in [5.74, 6) is 0.555. The number of likely N-dealkylation sites (N-methyl/N-ethyl adjacent to an activating group) is 1. The summed E-state index contributed by atoms with van der Waals surface area (Å²) in [6.07, 6.45) is -2.67. The van der Waals surface area contributed by atoms with Gasteiger partial charge < -0.3 is 20.4 Å². The zero-order chi connectivity index (χ0) is 19.9. The van der Waals surface area contributed by atoms with Crippen LogP contribution < -0.4 is 15.5 Å². The van der Waals surface area contributed by atoms with Crippen LogP contribution in [0.5, 0.6) is 0 Å². The third-order valence-electron chi connectivity index (χ3n) is 4.42. The number of hydrogen-bond donors (Lipinski definition) is 2. The van der Waals surface area contributed by atoms with Crippen LogP contribution in [0.4, 0.5) is 18.9 Å². The van der Waals surface area contributed by atoms with Crippen molar-refractivity contribution in [1.29, 1.82) is 0 Å². The van der Waals surface area contributed by atoms with Crippen LogP contribution >= 0.6 is 0 Å². The molecule has 0 aliphatic carbocycles. The molecule has 0 radical (unpaired) electrons. The quantitative estimate of drug-likeness (QED) is 0.450. The summed E-state index contributed by atoms with van der Waals surface area (Å²) >= 11 is 0. The van der Waals surface area contributed by atoms with Crippen LogP contribution in [0.1, 0.15) is 18.1 Å². The maximum Gasteiger partial charge on any atom is 0.416 e. The van der Waals surface area contributed by atoms with E-state index in [0.29, 0.717) is 24.6 Å². The highest BCUT2D eigenvalue weighted by atomic mass is 19.4. The van der Waals surface area contributed by atoms with Gasteiger partial charge in [0.15, 0.2) is 5.96 Å². The van der Waals surface area contributed by atoms with E-state index in [1.165, 1.54) is 6.07 Å². The van der Waals surface area contributed by atoms with Crippen LogP contribution in [0.2, 0.25) is 0 Å². The van der Waals surface area contributed by atoms with Gasteiger partial charge in [-0.25, -0.2) is 4.99 Å². The summed E-state index contributed by atoms with van der Waals surface area (Å²) in [5.41, 5.74) is 0.749. The fraction of sp³-hybridized carbons (Fsp3) is 0.526. The molecular formula is C19H28F3N5. The standard InChI is InChI=1S/C19H28F3N5/c1-4-8-24-18(23-5-2)25-14-15-13-16(19(20,21)22)6-7-17(15)27-11-9-26(3)10-12-27/h4,6-7,13H,1,5,8-12,14H2,2-3H3,(H2,23,24,25). The number of piperazine rings is 1. The number of benzene rings is 1. The van der Waals surface area contributed by atoms with Crippen LogP contribution in [0, 0.1) is 0 Å². The van der Waals surface area contributed by atoms with Gasteiger partial charge >= 0.3 is 6.18 Å². The lowest BCUT2D eigenvalue weighted by atomic mass is 10.1. The zero-order valence-corrected chi connectivity index (χ0v) is 15.9. The van der Waals surface area contributed by atoms with E-state index in [4.69, 9.17) is 0 Å². The van der Waals surface area contributed by atoms with Gasteiger partial charge in [0.05, 0.1) is 12.1 Å². The van der Waals surface area contributed by atoms with Crippen LogP contribution in [0.3, 0.4) is 0 Å². The normalized spacial score (nSPS) is 16.3. The third kappa shape index (κ3) is 6.16. The molecular weight excluding hydrogens is 355 g/mol. The number of nitrogens with one attached hydrogen (secondary N) is 2. The third-order valence-corrected chi connectivity index (χ3v) is 4.42. The molecule has 0 spiro atoms. The van der Waals surface area contributed by atoms with E-state index in [2.05, 4.69) is 32.0 Å². The number of rotatable bonds is 6. The molecule has 5 nitrogen and oxygen atoms in total. The van der Waals surface area contributed by atoms with Crippen molar-refractivity contribution >= 4 is 11.6 Å². The number of guanidine groups is 1. The molecule has 1 aliphatic rings. The molecule has 0 amide bonds. The van der Waals surface area contributed by atoms with Gasteiger partial charge in [-0.3, -0.25) is 0 Å². The maximum absolute atomic E-state index is 13.2. The molecule has 1 aromatic rings. The van der Waals surface area contributed by atoms with Crippen molar-refractivity contribution in [2.75, 3.05) is 51.2 Å². The summed E-state index contributed by atoms with van der Waals surface area (Å²) in [5, 5.41) is 6.15. The lowest BCUT2D eigenvalue weighted by molar-refractivity contribution is -0.137. The lowest BCUT2D eigenvalue weighted by Gasteiger charge is -2.35. The Morgan fingerprint density at radius 3 is 2.52 bits per heavy atom.